The van der Waals surface area contributed by atoms with E-state index in [2.05, 4.69) is 13.8 Å². The lowest BCUT2D eigenvalue weighted by Gasteiger charge is -2.23. The summed E-state index contributed by atoms with van der Waals surface area (Å²) in [7, 11) is 0. The zero-order valence-electron chi connectivity index (χ0n) is 10.8. The van der Waals surface area contributed by atoms with E-state index in [9.17, 15) is 9.50 Å². The lowest BCUT2D eigenvalue weighted by atomic mass is 9.88. The van der Waals surface area contributed by atoms with Crippen molar-refractivity contribution >= 4 is 0 Å². The lowest BCUT2D eigenvalue weighted by molar-refractivity contribution is 0.0993. The van der Waals surface area contributed by atoms with Crippen LogP contribution in [0.5, 0.6) is 0 Å². The van der Waals surface area contributed by atoms with Gasteiger partial charge in [-0.25, -0.2) is 4.39 Å². The van der Waals surface area contributed by atoms with Gasteiger partial charge in [-0.2, -0.15) is 0 Å². The zero-order chi connectivity index (χ0) is 13.0. The van der Waals surface area contributed by atoms with Gasteiger partial charge in [-0.05, 0) is 43.0 Å². The Kier molecular flexibility index (Phi) is 5.09. The molecule has 3 N–H and O–H groups in total. The van der Waals surface area contributed by atoms with Crippen molar-refractivity contribution in [3.63, 3.8) is 0 Å². The third-order valence-electron chi connectivity index (χ3n) is 3.05. The van der Waals surface area contributed by atoms with Gasteiger partial charge in [-0.15, -0.1) is 0 Å². The second-order valence-corrected chi connectivity index (χ2v) is 5.08. The molecule has 0 spiro atoms. The smallest absolute Gasteiger partial charge is 0.126 e. The first-order valence-electron chi connectivity index (χ1n) is 6.09. The second kappa shape index (κ2) is 6.12. The van der Waals surface area contributed by atoms with Crippen LogP contribution in [-0.2, 0) is 0 Å². The molecule has 2 unspecified atom stereocenters. The standard InChI is InChI=1S/C14H22FNO/c1-9(2)6-12(8-16)14(17)11-4-5-13(15)10(3)7-11/h4-5,7,9,12,14,17H,6,8,16H2,1-3H3. The average molecular weight is 239 g/mol. The monoisotopic (exact) mass is 239 g/mol. The van der Waals surface area contributed by atoms with E-state index in [-0.39, 0.29) is 11.7 Å². The van der Waals surface area contributed by atoms with Crippen LogP contribution in [0.3, 0.4) is 0 Å². The predicted molar refractivity (Wildman–Crippen MR) is 68.1 cm³/mol. The van der Waals surface area contributed by atoms with Gasteiger partial charge in [-0.3, -0.25) is 0 Å². The van der Waals surface area contributed by atoms with E-state index < -0.39 is 6.10 Å². The van der Waals surface area contributed by atoms with Crippen molar-refractivity contribution in [1.29, 1.82) is 0 Å². The summed E-state index contributed by atoms with van der Waals surface area (Å²) in [4.78, 5) is 0. The quantitative estimate of drug-likeness (QED) is 0.830. The summed E-state index contributed by atoms with van der Waals surface area (Å²) in [6, 6.07) is 4.73. The van der Waals surface area contributed by atoms with Crippen LogP contribution in [0.25, 0.3) is 0 Å². The van der Waals surface area contributed by atoms with E-state index in [4.69, 9.17) is 5.73 Å². The Morgan fingerprint density at radius 1 is 1.35 bits per heavy atom. The molecule has 1 aromatic carbocycles. The minimum Gasteiger partial charge on any atom is -0.388 e. The van der Waals surface area contributed by atoms with Crippen LogP contribution in [0.2, 0.25) is 0 Å². The fraction of sp³-hybridized carbons (Fsp3) is 0.571. The predicted octanol–water partition coefficient (Wildman–Crippen LogP) is 2.79. The van der Waals surface area contributed by atoms with Gasteiger partial charge in [0.25, 0.3) is 0 Å². The summed E-state index contributed by atoms with van der Waals surface area (Å²) in [6.07, 6.45) is 0.260. The van der Waals surface area contributed by atoms with Crippen LogP contribution in [-0.4, -0.2) is 11.7 Å². The molecule has 0 radical (unpaired) electrons. The van der Waals surface area contributed by atoms with Gasteiger partial charge in [0.05, 0.1) is 6.10 Å². The Balaban J connectivity index is 2.85. The van der Waals surface area contributed by atoms with E-state index in [1.807, 2.05) is 0 Å². The van der Waals surface area contributed by atoms with Gasteiger partial charge in [0.2, 0.25) is 0 Å². The van der Waals surface area contributed by atoms with Crippen LogP contribution >= 0.6 is 0 Å². The molecule has 2 atom stereocenters. The van der Waals surface area contributed by atoms with Crippen LogP contribution < -0.4 is 5.73 Å². The number of hydrogen-bond acceptors (Lipinski definition) is 2. The van der Waals surface area contributed by atoms with E-state index in [1.165, 1.54) is 6.07 Å². The van der Waals surface area contributed by atoms with Crippen molar-refractivity contribution in [2.45, 2.75) is 33.3 Å². The number of aliphatic hydroxyl groups is 1. The number of nitrogens with two attached hydrogens (primary N) is 1. The third-order valence-corrected chi connectivity index (χ3v) is 3.05. The maximum atomic E-state index is 13.1. The molecule has 0 heterocycles. The number of aryl methyl sites for hydroxylation is 1. The van der Waals surface area contributed by atoms with Gasteiger partial charge >= 0.3 is 0 Å². The van der Waals surface area contributed by atoms with Crippen molar-refractivity contribution in [1.82, 2.24) is 0 Å². The Morgan fingerprint density at radius 2 is 2.00 bits per heavy atom. The molecule has 0 bridgehead atoms. The first-order chi connectivity index (χ1) is 7.95. The van der Waals surface area contributed by atoms with Crippen molar-refractivity contribution in [2.24, 2.45) is 17.6 Å². The summed E-state index contributed by atoms with van der Waals surface area (Å²) in [6.45, 7) is 6.35. The lowest BCUT2D eigenvalue weighted by Crippen LogP contribution is -2.23. The van der Waals surface area contributed by atoms with Crippen LogP contribution in [0.1, 0.15) is 37.5 Å². The summed E-state index contributed by atoms with van der Waals surface area (Å²) in [5.74, 6) is 0.272. The van der Waals surface area contributed by atoms with Crippen molar-refractivity contribution < 1.29 is 9.50 Å². The molecule has 96 valence electrons. The SMILES string of the molecule is Cc1cc(C(O)C(CN)CC(C)C)ccc1F. The molecule has 3 heteroatoms. The summed E-state index contributed by atoms with van der Waals surface area (Å²) < 4.78 is 13.1. The average Bonchev–Trinajstić information content (AvgIpc) is 2.28. The van der Waals surface area contributed by atoms with Crippen LogP contribution in [0, 0.1) is 24.6 Å². The Morgan fingerprint density at radius 3 is 2.47 bits per heavy atom. The largest absolute Gasteiger partial charge is 0.388 e. The number of halogens is 1. The Hall–Kier alpha value is -0.930. The van der Waals surface area contributed by atoms with E-state index >= 15 is 0 Å². The fourth-order valence-corrected chi connectivity index (χ4v) is 2.08. The number of benzene rings is 1. The summed E-state index contributed by atoms with van der Waals surface area (Å²) >= 11 is 0. The van der Waals surface area contributed by atoms with E-state index in [0.29, 0.717) is 18.0 Å². The molecule has 0 aromatic heterocycles. The fourth-order valence-electron chi connectivity index (χ4n) is 2.08. The maximum Gasteiger partial charge on any atom is 0.126 e. The molecule has 0 aliphatic carbocycles. The maximum absolute atomic E-state index is 13.1. The van der Waals surface area contributed by atoms with Crippen LogP contribution in [0.4, 0.5) is 4.39 Å². The minimum atomic E-state index is -0.610. The first kappa shape index (κ1) is 14.1. The van der Waals surface area contributed by atoms with Crippen molar-refractivity contribution in [3.05, 3.63) is 35.1 Å². The second-order valence-electron chi connectivity index (χ2n) is 5.08. The minimum absolute atomic E-state index is 0.0276. The third kappa shape index (κ3) is 3.79. The summed E-state index contributed by atoms with van der Waals surface area (Å²) in [5.41, 5.74) is 7.00. The molecule has 1 aromatic rings. The Bertz CT molecular complexity index is 365. The number of aliphatic hydroxyl groups excluding tert-OH is 1. The molecule has 1 rings (SSSR count). The molecule has 0 aliphatic heterocycles. The van der Waals surface area contributed by atoms with Gasteiger partial charge in [0, 0.05) is 5.92 Å². The molecule has 0 fully saturated rings. The van der Waals surface area contributed by atoms with Gasteiger partial charge in [-0.1, -0.05) is 26.0 Å². The molecule has 0 saturated heterocycles. The molecule has 0 aliphatic rings. The van der Waals surface area contributed by atoms with Gasteiger partial charge in [0.15, 0.2) is 0 Å². The topological polar surface area (TPSA) is 46.2 Å². The van der Waals surface area contributed by atoms with Crippen molar-refractivity contribution in [2.75, 3.05) is 6.54 Å². The summed E-state index contributed by atoms with van der Waals surface area (Å²) in [5, 5.41) is 10.2. The molecular formula is C14H22FNO. The molecule has 17 heavy (non-hydrogen) atoms. The first-order valence-corrected chi connectivity index (χ1v) is 6.09. The Labute approximate surface area is 103 Å². The number of rotatable bonds is 5. The molecule has 0 amide bonds. The molecule has 2 nitrogen and oxygen atoms in total. The highest BCUT2D eigenvalue weighted by molar-refractivity contribution is 5.26. The zero-order valence-corrected chi connectivity index (χ0v) is 10.8. The normalized spacial score (nSPS) is 15.0. The van der Waals surface area contributed by atoms with Crippen molar-refractivity contribution in [3.8, 4) is 0 Å². The highest BCUT2D eigenvalue weighted by Crippen LogP contribution is 2.27. The van der Waals surface area contributed by atoms with Gasteiger partial charge in [0.1, 0.15) is 5.82 Å². The number of hydrogen-bond donors (Lipinski definition) is 2. The molecular weight excluding hydrogens is 217 g/mol. The highest BCUT2D eigenvalue weighted by Gasteiger charge is 2.21. The van der Waals surface area contributed by atoms with Gasteiger partial charge < -0.3 is 10.8 Å². The molecule has 0 saturated carbocycles. The highest BCUT2D eigenvalue weighted by atomic mass is 19.1. The van der Waals surface area contributed by atoms with Crippen LogP contribution in [0.15, 0.2) is 18.2 Å². The van der Waals surface area contributed by atoms with E-state index in [0.717, 1.165) is 12.0 Å². The van der Waals surface area contributed by atoms with E-state index in [1.54, 1.807) is 19.1 Å².